The average molecular weight is 458 g/mol. The number of thiocarbonyl (C=S) groups is 1. The Morgan fingerprint density at radius 2 is 1.97 bits per heavy atom. The van der Waals surface area contributed by atoms with Gasteiger partial charge < -0.3 is 14.2 Å². The van der Waals surface area contributed by atoms with Gasteiger partial charge in [0.25, 0.3) is 5.91 Å². The maximum atomic E-state index is 12.7. The van der Waals surface area contributed by atoms with E-state index in [9.17, 15) is 9.59 Å². The molecule has 0 atom stereocenters. The van der Waals surface area contributed by atoms with Gasteiger partial charge in [-0.1, -0.05) is 59.9 Å². The highest BCUT2D eigenvalue weighted by atomic mass is 32.2. The van der Waals surface area contributed by atoms with Crippen molar-refractivity contribution < 1.29 is 23.8 Å². The minimum absolute atomic E-state index is 0.0943. The number of carbonyl (C=O) groups is 2. The standard InChI is InChI=1S/C23H23NO5S2/c1-15-5-4-6-17(11-15)14-29-18-8-7-16(12-19(18)27-2)13-20-22(26)24(23(30)31-20)10-9-21(25)28-3/h4-8,11-13H,9-10,14H2,1-3H3/b20-13+. The second-order valence-electron chi connectivity index (χ2n) is 6.85. The van der Waals surface area contributed by atoms with Gasteiger partial charge in [0.1, 0.15) is 10.9 Å². The maximum absolute atomic E-state index is 12.7. The van der Waals surface area contributed by atoms with E-state index >= 15 is 0 Å². The van der Waals surface area contributed by atoms with E-state index in [4.69, 9.17) is 21.7 Å². The van der Waals surface area contributed by atoms with Crippen LogP contribution in [0.1, 0.15) is 23.1 Å². The highest BCUT2D eigenvalue weighted by molar-refractivity contribution is 8.26. The number of hydrogen-bond acceptors (Lipinski definition) is 7. The van der Waals surface area contributed by atoms with E-state index in [0.29, 0.717) is 27.3 Å². The highest BCUT2D eigenvalue weighted by Gasteiger charge is 2.32. The number of nitrogens with zero attached hydrogens (tertiary/aromatic N) is 1. The van der Waals surface area contributed by atoms with Gasteiger partial charge in [-0.15, -0.1) is 0 Å². The Hall–Kier alpha value is -2.84. The summed E-state index contributed by atoms with van der Waals surface area (Å²) in [7, 11) is 2.89. The predicted octanol–water partition coefficient (Wildman–Crippen LogP) is 4.35. The van der Waals surface area contributed by atoms with E-state index < -0.39 is 0 Å². The van der Waals surface area contributed by atoms with Crippen molar-refractivity contribution in [2.75, 3.05) is 20.8 Å². The fraction of sp³-hybridized carbons (Fsp3) is 0.261. The Kier molecular flexibility index (Phi) is 7.70. The molecule has 0 bridgehead atoms. The Morgan fingerprint density at radius 1 is 1.16 bits per heavy atom. The molecule has 3 rings (SSSR count). The molecule has 6 nitrogen and oxygen atoms in total. The van der Waals surface area contributed by atoms with Crippen molar-refractivity contribution in [3.05, 3.63) is 64.1 Å². The second-order valence-corrected chi connectivity index (χ2v) is 8.52. The van der Waals surface area contributed by atoms with Gasteiger partial charge in [-0.2, -0.15) is 0 Å². The van der Waals surface area contributed by atoms with Crippen LogP contribution in [-0.2, 0) is 20.9 Å². The van der Waals surface area contributed by atoms with Crippen molar-refractivity contribution in [1.82, 2.24) is 4.90 Å². The maximum Gasteiger partial charge on any atom is 0.307 e. The molecule has 0 unspecified atom stereocenters. The van der Waals surface area contributed by atoms with E-state index in [1.54, 1.807) is 13.2 Å². The summed E-state index contributed by atoms with van der Waals surface area (Å²) in [5.74, 6) is 0.580. The molecule has 0 aromatic heterocycles. The summed E-state index contributed by atoms with van der Waals surface area (Å²) >= 11 is 6.50. The van der Waals surface area contributed by atoms with Crippen LogP contribution in [-0.4, -0.2) is 41.9 Å². The number of benzene rings is 2. The number of thioether (sulfide) groups is 1. The summed E-state index contributed by atoms with van der Waals surface area (Å²) in [4.78, 5) is 25.9. The van der Waals surface area contributed by atoms with Gasteiger partial charge >= 0.3 is 5.97 Å². The first-order valence-corrected chi connectivity index (χ1v) is 10.8. The lowest BCUT2D eigenvalue weighted by molar-refractivity contribution is -0.140. The Balaban J connectivity index is 1.71. The molecule has 8 heteroatoms. The van der Waals surface area contributed by atoms with Crippen molar-refractivity contribution in [3.63, 3.8) is 0 Å². The molecule has 2 aromatic rings. The van der Waals surface area contributed by atoms with E-state index in [0.717, 1.165) is 11.1 Å². The summed E-state index contributed by atoms with van der Waals surface area (Å²) in [6.45, 7) is 2.66. The lowest BCUT2D eigenvalue weighted by Crippen LogP contribution is -2.30. The third-order valence-corrected chi connectivity index (χ3v) is 5.98. The summed E-state index contributed by atoms with van der Waals surface area (Å²) in [5, 5.41) is 0. The van der Waals surface area contributed by atoms with Gasteiger partial charge in [0.05, 0.1) is 25.5 Å². The molecule has 1 aliphatic rings. The summed E-state index contributed by atoms with van der Waals surface area (Å²) in [6.07, 6.45) is 1.85. The first-order chi connectivity index (χ1) is 14.9. The Morgan fingerprint density at radius 3 is 2.68 bits per heavy atom. The number of methoxy groups -OCH3 is 2. The largest absolute Gasteiger partial charge is 0.493 e. The van der Waals surface area contributed by atoms with Crippen LogP contribution in [0.2, 0.25) is 0 Å². The van der Waals surface area contributed by atoms with Crippen LogP contribution in [0.3, 0.4) is 0 Å². The highest BCUT2D eigenvalue weighted by Crippen LogP contribution is 2.35. The van der Waals surface area contributed by atoms with Crippen LogP contribution >= 0.6 is 24.0 Å². The van der Waals surface area contributed by atoms with Crippen molar-refractivity contribution in [1.29, 1.82) is 0 Å². The Labute approximate surface area is 191 Å². The molecule has 162 valence electrons. The molecule has 1 saturated heterocycles. The van der Waals surface area contributed by atoms with Gasteiger partial charge in [0.2, 0.25) is 0 Å². The zero-order valence-electron chi connectivity index (χ0n) is 17.5. The normalized spacial score (nSPS) is 14.8. The fourth-order valence-corrected chi connectivity index (χ4v) is 4.31. The molecule has 0 spiro atoms. The van der Waals surface area contributed by atoms with E-state index in [2.05, 4.69) is 10.8 Å². The molecular weight excluding hydrogens is 434 g/mol. The number of hydrogen-bond donors (Lipinski definition) is 0. The van der Waals surface area contributed by atoms with Crippen LogP contribution in [0.5, 0.6) is 11.5 Å². The third-order valence-electron chi connectivity index (χ3n) is 4.60. The van der Waals surface area contributed by atoms with Gasteiger partial charge in [0, 0.05) is 6.54 Å². The number of carbonyl (C=O) groups excluding carboxylic acids is 2. The van der Waals surface area contributed by atoms with Crippen molar-refractivity contribution >= 4 is 46.3 Å². The molecule has 1 aliphatic heterocycles. The number of esters is 1. The first kappa shape index (κ1) is 22.8. The minimum Gasteiger partial charge on any atom is -0.493 e. The molecular formula is C23H23NO5S2. The SMILES string of the molecule is COC(=O)CCN1C(=O)/C(=C\c2ccc(OCc3cccc(C)c3)c(OC)c2)SC1=S. The summed E-state index contributed by atoms with van der Waals surface area (Å²) in [6, 6.07) is 13.6. The minimum atomic E-state index is -0.385. The number of ether oxygens (including phenoxy) is 3. The first-order valence-electron chi connectivity index (χ1n) is 9.60. The fourth-order valence-electron chi connectivity index (χ4n) is 3.01. The smallest absolute Gasteiger partial charge is 0.307 e. The number of amides is 1. The van der Waals surface area contributed by atoms with Crippen molar-refractivity contribution in [2.45, 2.75) is 20.0 Å². The molecule has 1 amide bonds. The topological polar surface area (TPSA) is 65.1 Å². The summed E-state index contributed by atoms with van der Waals surface area (Å²) in [5.41, 5.74) is 3.03. The lowest BCUT2D eigenvalue weighted by Gasteiger charge is -2.13. The van der Waals surface area contributed by atoms with E-state index in [-0.39, 0.29) is 24.8 Å². The average Bonchev–Trinajstić information content (AvgIpc) is 3.03. The Bertz CT molecular complexity index is 1030. The molecule has 0 aliphatic carbocycles. The van der Waals surface area contributed by atoms with Crippen LogP contribution < -0.4 is 9.47 Å². The van der Waals surface area contributed by atoms with Crippen molar-refractivity contribution in [2.24, 2.45) is 0 Å². The zero-order valence-corrected chi connectivity index (χ0v) is 19.2. The lowest BCUT2D eigenvalue weighted by atomic mass is 10.1. The van der Waals surface area contributed by atoms with E-state index in [1.165, 1.54) is 29.3 Å². The predicted molar refractivity (Wildman–Crippen MR) is 125 cm³/mol. The van der Waals surface area contributed by atoms with Crippen molar-refractivity contribution in [3.8, 4) is 11.5 Å². The van der Waals surface area contributed by atoms with E-state index in [1.807, 2.05) is 43.3 Å². The van der Waals surface area contributed by atoms with Gasteiger partial charge in [-0.25, -0.2) is 0 Å². The number of aryl methyl sites for hydroxylation is 1. The second kappa shape index (κ2) is 10.5. The summed E-state index contributed by atoms with van der Waals surface area (Å²) < 4.78 is 16.4. The quantitative estimate of drug-likeness (QED) is 0.332. The number of rotatable bonds is 8. The molecule has 0 radical (unpaired) electrons. The van der Waals surface area contributed by atoms with Gasteiger partial charge in [-0.3, -0.25) is 14.5 Å². The third kappa shape index (κ3) is 5.86. The molecule has 1 fully saturated rings. The van der Waals surface area contributed by atoms with Gasteiger partial charge in [0.15, 0.2) is 11.5 Å². The molecule has 0 saturated carbocycles. The molecule has 1 heterocycles. The molecule has 0 N–H and O–H groups in total. The molecule has 2 aromatic carbocycles. The monoisotopic (exact) mass is 457 g/mol. The van der Waals surface area contributed by atoms with Crippen LogP contribution in [0.25, 0.3) is 6.08 Å². The van der Waals surface area contributed by atoms with Crippen LogP contribution in [0.4, 0.5) is 0 Å². The van der Waals surface area contributed by atoms with Crippen LogP contribution in [0, 0.1) is 6.92 Å². The molecule has 31 heavy (non-hydrogen) atoms. The zero-order chi connectivity index (χ0) is 22.4. The van der Waals surface area contributed by atoms with Gasteiger partial charge in [-0.05, 0) is 36.3 Å². The van der Waals surface area contributed by atoms with Crippen LogP contribution in [0.15, 0.2) is 47.4 Å².